The first-order valence-electron chi connectivity index (χ1n) is 9.88. The highest BCUT2D eigenvalue weighted by atomic mass is 35.5. The molecule has 2 N–H and O–H groups in total. The zero-order valence-corrected chi connectivity index (χ0v) is 18.0. The number of nitrogens with zero attached hydrogens (tertiary/aromatic N) is 3. The van der Waals surface area contributed by atoms with E-state index in [1.165, 1.54) is 11.0 Å². The molecule has 0 atom stereocenters. The number of pyridine rings is 2. The van der Waals surface area contributed by atoms with E-state index in [0.717, 1.165) is 28.5 Å². The van der Waals surface area contributed by atoms with Crippen LogP contribution in [0.1, 0.15) is 21.5 Å². The molecular formula is C25H20ClN3O3. The summed E-state index contributed by atoms with van der Waals surface area (Å²) in [5.74, 6) is -1.11. The molecule has 0 aliphatic carbocycles. The zero-order valence-electron chi connectivity index (χ0n) is 17.2. The number of aryl methyl sites for hydroxylation is 1. The van der Waals surface area contributed by atoms with Crippen LogP contribution in [0.2, 0.25) is 5.02 Å². The number of carbonyl (C=O) groups excluding carboxylic acids is 1. The van der Waals surface area contributed by atoms with Crippen LogP contribution in [0.4, 0.5) is 5.69 Å². The molecule has 1 amide bonds. The van der Waals surface area contributed by atoms with E-state index < -0.39 is 5.91 Å². The Hall–Kier alpha value is -3.90. The largest absolute Gasteiger partial charge is 0.507 e. The van der Waals surface area contributed by atoms with Gasteiger partial charge in [-0.1, -0.05) is 35.9 Å². The minimum Gasteiger partial charge on any atom is -0.507 e. The van der Waals surface area contributed by atoms with Gasteiger partial charge in [0.15, 0.2) is 0 Å². The van der Waals surface area contributed by atoms with Crippen molar-refractivity contribution in [3.05, 3.63) is 101 Å². The molecule has 160 valence electrons. The van der Waals surface area contributed by atoms with Gasteiger partial charge in [-0.2, -0.15) is 0 Å². The van der Waals surface area contributed by atoms with Gasteiger partial charge in [-0.05, 0) is 48.4 Å². The Kier molecular flexibility index (Phi) is 6.05. The van der Waals surface area contributed by atoms with E-state index in [4.69, 9.17) is 11.6 Å². The van der Waals surface area contributed by atoms with E-state index >= 15 is 0 Å². The number of benzene rings is 2. The van der Waals surface area contributed by atoms with E-state index in [-0.39, 0.29) is 28.6 Å². The third-order valence-electron chi connectivity index (χ3n) is 5.07. The van der Waals surface area contributed by atoms with Crippen LogP contribution in [0.3, 0.4) is 0 Å². The first-order valence-corrected chi connectivity index (χ1v) is 10.3. The maximum absolute atomic E-state index is 13.4. The monoisotopic (exact) mass is 445 g/mol. The van der Waals surface area contributed by atoms with E-state index in [1.54, 1.807) is 24.7 Å². The van der Waals surface area contributed by atoms with Crippen molar-refractivity contribution in [3.63, 3.8) is 0 Å². The second-order valence-corrected chi connectivity index (χ2v) is 7.70. The van der Waals surface area contributed by atoms with Crippen LogP contribution in [-0.4, -0.2) is 26.1 Å². The van der Waals surface area contributed by atoms with Crippen LogP contribution in [0.15, 0.2) is 79.3 Å². The lowest BCUT2D eigenvalue weighted by molar-refractivity contribution is 0.0982. The lowest BCUT2D eigenvalue weighted by atomic mass is 10.1. The van der Waals surface area contributed by atoms with Crippen molar-refractivity contribution in [2.75, 3.05) is 4.90 Å². The SMILES string of the molecule is Cc1cccnc1-c1ccc(N(Cc2cccnc2)C(=O)c2cc(Cl)c(O)cc2O)cc1. The fourth-order valence-corrected chi connectivity index (χ4v) is 3.57. The van der Waals surface area contributed by atoms with Gasteiger partial charge in [0, 0.05) is 35.9 Å². The number of rotatable bonds is 5. The molecule has 0 radical (unpaired) electrons. The van der Waals surface area contributed by atoms with Crippen molar-refractivity contribution in [2.45, 2.75) is 13.5 Å². The van der Waals surface area contributed by atoms with Gasteiger partial charge >= 0.3 is 0 Å². The lowest BCUT2D eigenvalue weighted by Gasteiger charge is -2.24. The van der Waals surface area contributed by atoms with Crippen molar-refractivity contribution in [3.8, 4) is 22.8 Å². The molecule has 0 aliphatic rings. The van der Waals surface area contributed by atoms with E-state index in [9.17, 15) is 15.0 Å². The van der Waals surface area contributed by atoms with Crippen molar-refractivity contribution in [1.29, 1.82) is 0 Å². The molecule has 2 aromatic carbocycles. The third-order valence-corrected chi connectivity index (χ3v) is 5.37. The third kappa shape index (κ3) is 4.40. The van der Waals surface area contributed by atoms with Crippen molar-refractivity contribution >= 4 is 23.2 Å². The first kappa shape index (κ1) is 21.3. The molecule has 6 nitrogen and oxygen atoms in total. The quantitative estimate of drug-likeness (QED) is 0.431. The average Bonchev–Trinajstić information content (AvgIpc) is 2.81. The van der Waals surface area contributed by atoms with Gasteiger partial charge in [0.05, 0.1) is 22.8 Å². The predicted molar refractivity (Wildman–Crippen MR) is 124 cm³/mol. The molecular weight excluding hydrogens is 426 g/mol. The smallest absolute Gasteiger partial charge is 0.262 e. The minimum atomic E-state index is -0.463. The number of aromatic hydroxyl groups is 2. The number of hydrogen-bond donors (Lipinski definition) is 2. The summed E-state index contributed by atoms with van der Waals surface area (Å²) < 4.78 is 0. The molecule has 2 heterocycles. The molecule has 0 saturated heterocycles. The van der Waals surface area contributed by atoms with Crippen LogP contribution in [0.5, 0.6) is 11.5 Å². The van der Waals surface area contributed by atoms with Crippen molar-refractivity contribution in [1.82, 2.24) is 9.97 Å². The number of hydrogen-bond acceptors (Lipinski definition) is 5. The molecule has 0 unspecified atom stereocenters. The summed E-state index contributed by atoms with van der Waals surface area (Å²) in [6.45, 7) is 2.22. The number of aromatic nitrogens is 2. The highest BCUT2D eigenvalue weighted by Gasteiger charge is 2.23. The Labute approximate surface area is 190 Å². The van der Waals surface area contributed by atoms with Crippen LogP contribution < -0.4 is 4.90 Å². The van der Waals surface area contributed by atoms with Gasteiger partial charge in [-0.15, -0.1) is 0 Å². The Morgan fingerprint density at radius 1 is 1.00 bits per heavy atom. The Morgan fingerprint density at radius 3 is 2.44 bits per heavy atom. The van der Waals surface area contributed by atoms with Gasteiger partial charge in [0.25, 0.3) is 5.91 Å². The van der Waals surface area contributed by atoms with E-state index in [2.05, 4.69) is 9.97 Å². The molecule has 0 bridgehead atoms. The second-order valence-electron chi connectivity index (χ2n) is 7.29. The van der Waals surface area contributed by atoms with Crippen molar-refractivity contribution in [2.24, 2.45) is 0 Å². The summed E-state index contributed by atoms with van der Waals surface area (Å²) >= 11 is 6.00. The normalized spacial score (nSPS) is 10.7. The summed E-state index contributed by atoms with van der Waals surface area (Å²) in [4.78, 5) is 23.5. The summed E-state index contributed by atoms with van der Waals surface area (Å²) in [5, 5.41) is 20.0. The van der Waals surface area contributed by atoms with Gasteiger partial charge in [-0.3, -0.25) is 14.8 Å². The number of anilines is 1. The highest BCUT2D eigenvalue weighted by molar-refractivity contribution is 6.32. The summed E-state index contributed by atoms with van der Waals surface area (Å²) in [5.41, 5.74) is 4.27. The number of amides is 1. The number of phenolic OH excluding ortho intramolecular Hbond substituents is 2. The molecule has 7 heteroatoms. The topological polar surface area (TPSA) is 86.6 Å². The first-order chi connectivity index (χ1) is 15.4. The number of halogens is 1. The minimum absolute atomic E-state index is 0.0127. The molecule has 32 heavy (non-hydrogen) atoms. The Bertz CT molecular complexity index is 1260. The molecule has 0 spiro atoms. The van der Waals surface area contributed by atoms with E-state index in [1.807, 2.05) is 49.4 Å². The van der Waals surface area contributed by atoms with Crippen LogP contribution in [0.25, 0.3) is 11.3 Å². The number of carbonyl (C=O) groups is 1. The second kappa shape index (κ2) is 9.08. The van der Waals surface area contributed by atoms with Gasteiger partial charge in [0.1, 0.15) is 11.5 Å². The maximum atomic E-state index is 13.4. The molecule has 2 aromatic heterocycles. The fraction of sp³-hybridized carbons (Fsp3) is 0.0800. The Morgan fingerprint density at radius 2 is 1.75 bits per heavy atom. The van der Waals surface area contributed by atoms with E-state index in [0.29, 0.717) is 5.69 Å². The molecule has 4 rings (SSSR count). The fourth-order valence-electron chi connectivity index (χ4n) is 3.41. The van der Waals surface area contributed by atoms with Crippen LogP contribution >= 0.6 is 11.6 Å². The molecule has 0 fully saturated rings. The van der Waals surface area contributed by atoms with Gasteiger partial charge in [-0.25, -0.2) is 0 Å². The lowest BCUT2D eigenvalue weighted by Crippen LogP contribution is -2.30. The number of phenols is 2. The van der Waals surface area contributed by atoms with Crippen molar-refractivity contribution < 1.29 is 15.0 Å². The Balaban J connectivity index is 1.74. The summed E-state index contributed by atoms with van der Waals surface area (Å²) in [6, 6.07) is 17.3. The van der Waals surface area contributed by atoms with Crippen LogP contribution in [0, 0.1) is 6.92 Å². The summed E-state index contributed by atoms with van der Waals surface area (Å²) in [6.07, 6.45) is 5.08. The molecule has 0 saturated carbocycles. The molecule has 4 aromatic rings. The van der Waals surface area contributed by atoms with Crippen LogP contribution in [-0.2, 0) is 6.54 Å². The maximum Gasteiger partial charge on any atom is 0.262 e. The summed E-state index contributed by atoms with van der Waals surface area (Å²) in [7, 11) is 0. The molecule has 0 aliphatic heterocycles. The zero-order chi connectivity index (χ0) is 22.7. The predicted octanol–water partition coefficient (Wildman–Crippen LogP) is 5.36. The van der Waals surface area contributed by atoms with Gasteiger partial charge in [0.2, 0.25) is 0 Å². The highest BCUT2D eigenvalue weighted by Crippen LogP contribution is 2.33. The average molecular weight is 446 g/mol. The van der Waals surface area contributed by atoms with Gasteiger partial charge < -0.3 is 15.1 Å². The standard InChI is InChI=1S/C25H20ClN3O3/c1-16-4-2-11-28-24(16)18-6-8-19(9-7-18)29(15-17-5-3-10-27-14-17)25(32)20-12-21(26)23(31)13-22(20)30/h2-14,30-31H,15H2,1H3.